The number of anilines is 1. The molecule has 0 saturated carbocycles. The molecule has 8 heteroatoms. The van der Waals surface area contributed by atoms with E-state index < -0.39 is 12.4 Å². The molecule has 3 atom stereocenters. The van der Waals surface area contributed by atoms with Crippen molar-refractivity contribution in [2.24, 2.45) is 0 Å². The van der Waals surface area contributed by atoms with Crippen LogP contribution in [0.1, 0.15) is 25.3 Å². The maximum absolute atomic E-state index is 13.3. The molecule has 2 rings (SSSR count). The molecule has 0 fully saturated rings. The van der Waals surface area contributed by atoms with E-state index in [1.165, 1.54) is 7.05 Å². The minimum atomic E-state index is -1.61. The fraction of sp³-hybridized carbons (Fsp3) is 0.500. The summed E-state index contributed by atoms with van der Waals surface area (Å²) in [6, 6.07) is 4.95. The first kappa shape index (κ1) is 18.8. The molecule has 0 aliphatic carbocycles. The number of hydrogen-bond acceptors (Lipinski definition) is 5. The Morgan fingerprint density at radius 2 is 2.29 bits per heavy atom. The van der Waals surface area contributed by atoms with Crippen LogP contribution in [-0.2, 0) is 9.53 Å². The van der Waals surface area contributed by atoms with Gasteiger partial charge in [0, 0.05) is 29.0 Å². The molecular weight excluding hydrogens is 335 g/mol. The van der Waals surface area contributed by atoms with Crippen LogP contribution in [-0.4, -0.2) is 49.4 Å². The predicted octanol–water partition coefficient (Wildman–Crippen LogP) is 2.55. The van der Waals surface area contributed by atoms with Gasteiger partial charge in [-0.25, -0.2) is 0 Å². The molecule has 0 saturated heterocycles. The highest BCUT2D eigenvalue weighted by Crippen LogP contribution is 2.35. The average Bonchev–Trinajstić information content (AvgIpc) is 2.85. The zero-order valence-corrected chi connectivity index (χ0v) is 14.7. The Kier molecular flexibility index (Phi) is 6.28. The average molecular weight is 357 g/mol. The first-order valence-electron chi connectivity index (χ1n) is 7.65. The molecule has 24 heavy (non-hydrogen) atoms. The van der Waals surface area contributed by atoms with Crippen molar-refractivity contribution in [2.45, 2.75) is 32.3 Å². The number of nitrogens with one attached hydrogen (secondary N) is 3. The summed E-state index contributed by atoms with van der Waals surface area (Å²) in [5, 5.41) is 13.6. The zero-order valence-electron chi connectivity index (χ0n) is 13.9. The lowest BCUT2D eigenvalue weighted by atomic mass is 9.99. The molecule has 3 N–H and O–H groups in total. The van der Waals surface area contributed by atoms with Crippen LogP contribution in [0, 0.1) is 5.41 Å². The number of carbonyl (C=O) groups excluding carboxylic acids is 1. The molecule has 1 aliphatic rings. The van der Waals surface area contributed by atoms with Crippen LogP contribution in [0.25, 0.3) is 0 Å². The summed E-state index contributed by atoms with van der Waals surface area (Å²) in [5.41, 5.74) is 1.94. The van der Waals surface area contributed by atoms with Crippen molar-refractivity contribution >= 4 is 28.9 Å². The van der Waals surface area contributed by atoms with Crippen LogP contribution in [0.4, 0.5) is 10.1 Å². The monoisotopic (exact) mass is 356 g/mol. The van der Waals surface area contributed by atoms with Crippen molar-refractivity contribution in [1.82, 2.24) is 10.2 Å². The first-order valence-corrected chi connectivity index (χ1v) is 8.03. The van der Waals surface area contributed by atoms with Gasteiger partial charge in [0.2, 0.25) is 5.91 Å². The number of rotatable bonds is 8. The van der Waals surface area contributed by atoms with Gasteiger partial charge in [0.25, 0.3) is 6.48 Å². The number of amides is 1. The van der Waals surface area contributed by atoms with E-state index in [-0.39, 0.29) is 18.7 Å². The molecule has 1 aliphatic heterocycles. The maximum atomic E-state index is 13.3. The van der Waals surface area contributed by atoms with Crippen LogP contribution in [0.2, 0.25) is 5.02 Å². The predicted molar refractivity (Wildman–Crippen MR) is 92.3 cm³/mol. The first-order chi connectivity index (χ1) is 11.3. The third kappa shape index (κ3) is 4.30. The Morgan fingerprint density at radius 3 is 2.92 bits per heavy atom. The van der Waals surface area contributed by atoms with E-state index in [0.717, 1.165) is 11.3 Å². The van der Waals surface area contributed by atoms with Crippen LogP contribution in [0.15, 0.2) is 18.2 Å². The molecule has 132 valence electrons. The quantitative estimate of drug-likeness (QED) is 0.380. The van der Waals surface area contributed by atoms with E-state index in [2.05, 4.69) is 10.6 Å². The van der Waals surface area contributed by atoms with Crippen molar-refractivity contribution in [3.05, 3.63) is 28.8 Å². The Bertz CT molecular complexity index is 628. The van der Waals surface area contributed by atoms with Gasteiger partial charge in [0.15, 0.2) is 0 Å². The van der Waals surface area contributed by atoms with Crippen molar-refractivity contribution in [2.75, 3.05) is 25.6 Å². The van der Waals surface area contributed by atoms with Crippen molar-refractivity contribution < 1.29 is 13.9 Å². The fourth-order valence-electron chi connectivity index (χ4n) is 2.55. The molecule has 2 unspecified atom stereocenters. The number of alkyl halides is 1. The number of fused-ring (bicyclic) bond motifs is 1. The van der Waals surface area contributed by atoms with Gasteiger partial charge in [0.1, 0.15) is 6.73 Å². The van der Waals surface area contributed by atoms with Crippen LogP contribution in [0.3, 0.4) is 0 Å². The van der Waals surface area contributed by atoms with Gasteiger partial charge in [-0.3, -0.25) is 15.0 Å². The largest absolute Gasteiger partial charge is 0.325 e. The number of carbonyl (C=O) groups is 1. The van der Waals surface area contributed by atoms with E-state index in [1.54, 1.807) is 30.0 Å². The summed E-state index contributed by atoms with van der Waals surface area (Å²) in [6.07, 6.45) is 0. The van der Waals surface area contributed by atoms with Crippen LogP contribution >= 0.6 is 11.6 Å². The molecule has 1 amide bonds. The SMILES string of the molecule is CNC(F)OCN(CC1C(=O)Nc2ccc(Cl)cc21)[C@@H](C)C(C)=N. The lowest BCUT2D eigenvalue weighted by Gasteiger charge is -2.30. The third-order valence-corrected chi connectivity index (χ3v) is 4.40. The number of halogens is 2. The van der Waals surface area contributed by atoms with Crippen LogP contribution < -0.4 is 10.6 Å². The molecular formula is C16H22ClFN4O2. The summed E-state index contributed by atoms with van der Waals surface area (Å²) < 4.78 is 18.4. The standard InChI is InChI=1S/C16H22ClFN4O2/c1-9(19)10(2)22(8-24-16(18)20-3)7-13-12-6-11(17)4-5-14(12)21-15(13)23/h4-6,10,13,16,19-20H,7-8H2,1-3H3,(H,21,23)/t10-,13?,16?/m0/s1. The van der Waals surface area contributed by atoms with Gasteiger partial charge in [-0.15, -0.1) is 0 Å². The molecule has 1 aromatic carbocycles. The Morgan fingerprint density at radius 1 is 1.58 bits per heavy atom. The lowest BCUT2D eigenvalue weighted by molar-refractivity contribution is -0.120. The molecule has 1 heterocycles. The van der Waals surface area contributed by atoms with Crippen molar-refractivity contribution in [1.29, 1.82) is 5.41 Å². The highest BCUT2D eigenvalue weighted by molar-refractivity contribution is 6.31. The second-order valence-corrected chi connectivity index (χ2v) is 6.24. The van der Waals surface area contributed by atoms with Crippen molar-refractivity contribution in [3.63, 3.8) is 0 Å². The van der Waals surface area contributed by atoms with E-state index in [4.69, 9.17) is 21.7 Å². The minimum absolute atomic E-state index is 0.0426. The topological polar surface area (TPSA) is 77.5 Å². The maximum Gasteiger partial charge on any atom is 0.256 e. The van der Waals surface area contributed by atoms with E-state index in [0.29, 0.717) is 17.3 Å². The number of nitrogens with zero attached hydrogens (tertiary/aromatic N) is 1. The summed E-state index contributed by atoms with van der Waals surface area (Å²) in [4.78, 5) is 14.1. The molecule has 0 spiro atoms. The Balaban J connectivity index is 2.18. The van der Waals surface area contributed by atoms with E-state index in [1.807, 2.05) is 6.92 Å². The molecule has 6 nitrogen and oxygen atoms in total. The van der Waals surface area contributed by atoms with E-state index in [9.17, 15) is 9.18 Å². The zero-order chi connectivity index (χ0) is 17.9. The van der Waals surface area contributed by atoms with Gasteiger partial charge in [-0.1, -0.05) is 11.6 Å². The fourth-order valence-corrected chi connectivity index (χ4v) is 2.73. The highest BCUT2D eigenvalue weighted by atomic mass is 35.5. The normalized spacial score (nSPS) is 19.1. The molecule has 0 radical (unpaired) electrons. The highest BCUT2D eigenvalue weighted by Gasteiger charge is 2.33. The second kappa shape index (κ2) is 8.02. The molecule has 0 aromatic heterocycles. The second-order valence-electron chi connectivity index (χ2n) is 5.80. The van der Waals surface area contributed by atoms with Gasteiger partial charge < -0.3 is 15.5 Å². The smallest absolute Gasteiger partial charge is 0.256 e. The van der Waals surface area contributed by atoms with Crippen molar-refractivity contribution in [3.8, 4) is 0 Å². The van der Waals surface area contributed by atoms with Gasteiger partial charge in [-0.05, 0) is 44.7 Å². The summed E-state index contributed by atoms with van der Waals surface area (Å²) in [6.45, 7) is 2.14. The minimum Gasteiger partial charge on any atom is -0.325 e. The summed E-state index contributed by atoms with van der Waals surface area (Å²) in [7, 11) is 1.45. The number of benzene rings is 1. The van der Waals surface area contributed by atoms with Crippen LogP contribution in [0.5, 0.6) is 0 Å². The van der Waals surface area contributed by atoms with E-state index >= 15 is 0 Å². The lowest BCUT2D eigenvalue weighted by Crippen LogP contribution is -2.44. The summed E-state index contributed by atoms with van der Waals surface area (Å²) in [5.74, 6) is -0.589. The third-order valence-electron chi connectivity index (χ3n) is 4.17. The van der Waals surface area contributed by atoms with Gasteiger partial charge >= 0.3 is 0 Å². The number of ether oxygens (including phenoxy) is 1. The Labute approximate surface area is 145 Å². The summed E-state index contributed by atoms with van der Waals surface area (Å²) >= 11 is 6.04. The van der Waals surface area contributed by atoms with Gasteiger partial charge in [0.05, 0.1) is 5.92 Å². The number of hydrogen-bond donors (Lipinski definition) is 3. The van der Waals surface area contributed by atoms with Gasteiger partial charge in [-0.2, -0.15) is 4.39 Å². The Hall–Kier alpha value is -1.54. The molecule has 1 aromatic rings. The molecule has 0 bridgehead atoms.